The van der Waals surface area contributed by atoms with Crippen LogP contribution in [0.15, 0.2) is 24.3 Å². The van der Waals surface area contributed by atoms with Gasteiger partial charge in [0.2, 0.25) is 0 Å². The Morgan fingerprint density at radius 3 is 2.24 bits per heavy atom. The monoisotopic (exact) mass is 287 g/mol. The summed E-state index contributed by atoms with van der Waals surface area (Å²) < 4.78 is 0. The van der Waals surface area contributed by atoms with Gasteiger partial charge in [-0.15, -0.1) is 0 Å². The average Bonchev–Trinajstić information content (AvgIpc) is 2.73. The molecule has 1 saturated carbocycles. The molecule has 2 rings (SSSR count). The van der Waals surface area contributed by atoms with Crippen LogP contribution in [0.1, 0.15) is 48.9 Å². The quantitative estimate of drug-likeness (QED) is 0.525. The van der Waals surface area contributed by atoms with E-state index in [9.17, 15) is 20.2 Å². The Bertz CT molecular complexity index is 567. The summed E-state index contributed by atoms with van der Waals surface area (Å²) in [6.07, 6.45) is 5.32. The first-order valence-electron chi connectivity index (χ1n) is 7.04. The smallest absolute Gasteiger partial charge is 0.269 e. The van der Waals surface area contributed by atoms with Crippen molar-refractivity contribution in [2.45, 2.75) is 44.1 Å². The van der Waals surface area contributed by atoms with Gasteiger partial charge in [0.15, 0.2) is 0 Å². The highest BCUT2D eigenvalue weighted by atomic mass is 16.6. The number of hydrogen-bond acceptors (Lipinski definition) is 4. The fourth-order valence-electron chi connectivity index (χ4n) is 2.62. The van der Waals surface area contributed by atoms with Crippen molar-refractivity contribution in [2.24, 2.45) is 0 Å². The highest BCUT2D eigenvalue weighted by Crippen LogP contribution is 2.27. The lowest BCUT2D eigenvalue weighted by Gasteiger charge is -2.26. The van der Waals surface area contributed by atoms with Crippen molar-refractivity contribution in [2.75, 3.05) is 0 Å². The van der Waals surface area contributed by atoms with Gasteiger partial charge in [0.1, 0.15) is 5.54 Å². The van der Waals surface area contributed by atoms with Gasteiger partial charge in [0.05, 0.1) is 11.0 Å². The molecule has 1 aliphatic carbocycles. The van der Waals surface area contributed by atoms with E-state index in [0.29, 0.717) is 18.4 Å². The summed E-state index contributed by atoms with van der Waals surface area (Å²) >= 11 is 0. The number of rotatable bonds is 3. The first-order valence-corrected chi connectivity index (χ1v) is 7.04. The fraction of sp³-hybridized carbons (Fsp3) is 0.467. The van der Waals surface area contributed by atoms with E-state index in [1.54, 1.807) is 0 Å². The maximum Gasteiger partial charge on any atom is 0.269 e. The van der Waals surface area contributed by atoms with Crippen LogP contribution in [0.2, 0.25) is 0 Å². The van der Waals surface area contributed by atoms with E-state index < -0.39 is 10.5 Å². The van der Waals surface area contributed by atoms with Crippen molar-refractivity contribution in [3.05, 3.63) is 39.9 Å². The minimum Gasteiger partial charge on any atom is -0.334 e. The summed E-state index contributed by atoms with van der Waals surface area (Å²) in [5.41, 5.74) is -0.537. The van der Waals surface area contributed by atoms with Crippen LogP contribution in [0.3, 0.4) is 0 Å². The number of nitro benzene ring substituents is 1. The van der Waals surface area contributed by atoms with E-state index in [1.165, 1.54) is 24.3 Å². The summed E-state index contributed by atoms with van der Waals surface area (Å²) in [6.45, 7) is 0. The second kappa shape index (κ2) is 6.35. The molecule has 110 valence electrons. The Labute approximate surface area is 122 Å². The molecule has 0 spiro atoms. The Morgan fingerprint density at radius 2 is 1.76 bits per heavy atom. The molecule has 0 saturated heterocycles. The molecule has 0 heterocycles. The molecule has 6 heteroatoms. The molecule has 1 aromatic carbocycles. The number of carbonyl (C=O) groups is 1. The second-order valence-corrected chi connectivity index (χ2v) is 5.37. The lowest BCUT2D eigenvalue weighted by molar-refractivity contribution is -0.384. The van der Waals surface area contributed by atoms with Crippen molar-refractivity contribution < 1.29 is 9.72 Å². The van der Waals surface area contributed by atoms with Crippen LogP contribution in [0.5, 0.6) is 0 Å². The van der Waals surface area contributed by atoms with Crippen LogP contribution < -0.4 is 5.32 Å². The molecule has 1 N–H and O–H groups in total. The zero-order valence-corrected chi connectivity index (χ0v) is 11.7. The van der Waals surface area contributed by atoms with Crippen LogP contribution in [-0.4, -0.2) is 16.4 Å². The average molecular weight is 287 g/mol. The first kappa shape index (κ1) is 15.0. The molecule has 0 aliphatic heterocycles. The minimum absolute atomic E-state index is 0.0592. The van der Waals surface area contributed by atoms with E-state index in [1.807, 2.05) is 0 Å². The first-order chi connectivity index (χ1) is 10.1. The SMILES string of the molecule is N#CC1(NC(=O)c2ccc([N+](=O)[O-])cc2)CCCCCC1. The zero-order valence-electron chi connectivity index (χ0n) is 11.7. The molecule has 6 nitrogen and oxygen atoms in total. The molecule has 1 aromatic rings. The van der Waals surface area contributed by atoms with Gasteiger partial charge in [-0.1, -0.05) is 25.7 Å². The number of nitrogens with one attached hydrogen (secondary N) is 1. The molecule has 0 bridgehead atoms. The number of non-ortho nitro benzene ring substituents is 1. The van der Waals surface area contributed by atoms with E-state index >= 15 is 0 Å². The molecule has 0 atom stereocenters. The normalized spacial score (nSPS) is 17.3. The second-order valence-electron chi connectivity index (χ2n) is 5.37. The van der Waals surface area contributed by atoms with Gasteiger partial charge in [0, 0.05) is 17.7 Å². The predicted octanol–water partition coefficient (Wildman–Crippen LogP) is 2.94. The van der Waals surface area contributed by atoms with Crippen molar-refractivity contribution in [1.82, 2.24) is 5.32 Å². The number of amides is 1. The van der Waals surface area contributed by atoms with Gasteiger partial charge in [-0.05, 0) is 25.0 Å². The van der Waals surface area contributed by atoms with Crippen LogP contribution in [0.25, 0.3) is 0 Å². The predicted molar refractivity (Wildman–Crippen MR) is 76.6 cm³/mol. The number of carbonyl (C=O) groups excluding carboxylic acids is 1. The highest BCUT2D eigenvalue weighted by molar-refractivity contribution is 5.95. The molecule has 0 aromatic heterocycles. The third-order valence-electron chi connectivity index (χ3n) is 3.86. The van der Waals surface area contributed by atoms with Gasteiger partial charge in [-0.25, -0.2) is 0 Å². The summed E-state index contributed by atoms with van der Waals surface area (Å²) in [5, 5.41) is 22.8. The Morgan fingerprint density at radius 1 is 1.19 bits per heavy atom. The van der Waals surface area contributed by atoms with E-state index in [2.05, 4.69) is 11.4 Å². The van der Waals surface area contributed by atoms with Crippen LogP contribution in [0, 0.1) is 21.4 Å². The van der Waals surface area contributed by atoms with Gasteiger partial charge in [-0.3, -0.25) is 14.9 Å². The summed E-state index contributed by atoms with van der Waals surface area (Å²) in [7, 11) is 0. The number of nitrogens with zero attached hydrogens (tertiary/aromatic N) is 2. The van der Waals surface area contributed by atoms with Crippen LogP contribution >= 0.6 is 0 Å². The summed E-state index contributed by atoms with van der Waals surface area (Å²) in [6, 6.07) is 7.66. The minimum atomic E-state index is -0.810. The molecule has 21 heavy (non-hydrogen) atoms. The third-order valence-corrected chi connectivity index (χ3v) is 3.86. The number of nitro groups is 1. The topological polar surface area (TPSA) is 96.0 Å². The largest absolute Gasteiger partial charge is 0.334 e. The zero-order chi connectivity index (χ0) is 15.3. The molecule has 1 fully saturated rings. The van der Waals surface area contributed by atoms with Gasteiger partial charge >= 0.3 is 0 Å². The Balaban J connectivity index is 2.12. The Hall–Kier alpha value is -2.42. The Kier molecular flexibility index (Phi) is 4.53. The maximum absolute atomic E-state index is 12.2. The number of benzene rings is 1. The lowest BCUT2D eigenvalue weighted by Crippen LogP contribution is -2.47. The highest BCUT2D eigenvalue weighted by Gasteiger charge is 2.32. The van der Waals surface area contributed by atoms with Crippen molar-refractivity contribution in [3.8, 4) is 6.07 Å². The molecular weight excluding hydrogens is 270 g/mol. The van der Waals surface area contributed by atoms with Crippen LogP contribution in [-0.2, 0) is 0 Å². The third kappa shape index (κ3) is 3.57. The van der Waals surface area contributed by atoms with Gasteiger partial charge in [-0.2, -0.15) is 5.26 Å². The fourth-order valence-corrected chi connectivity index (χ4v) is 2.62. The summed E-state index contributed by atoms with van der Waals surface area (Å²) in [4.78, 5) is 22.3. The molecule has 0 unspecified atom stereocenters. The van der Waals surface area contributed by atoms with Gasteiger partial charge in [0.25, 0.3) is 11.6 Å². The van der Waals surface area contributed by atoms with E-state index in [-0.39, 0.29) is 11.6 Å². The molecule has 0 radical (unpaired) electrons. The van der Waals surface area contributed by atoms with E-state index in [4.69, 9.17) is 0 Å². The lowest BCUT2D eigenvalue weighted by atomic mass is 9.91. The van der Waals surface area contributed by atoms with Gasteiger partial charge < -0.3 is 5.32 Å². The van der Waals surface area contributed by atoms with E-state index in [0.717, 1.165) is 25.7 Å². The van der Waals surface area contributed by atoms with Crippen molar-refractivity contribution >= 4 is 11.6 Å². The standard InChI is InChI=1S/C15H17N3O3/c16-11-15(9-3-1-2-4-10-15)17-14(19)12-5-7-13(8-6-12)18(20)21/h5-8H,1-4,9-10H2,(H,17,19). The maximum atomic E-state index is 12.2. The number of hydrogen-bond donors (Lipinski definition) is 1. The molecular formula is C15H17N3O3. The number of nitriles is 1. The molecule has 1 amide bonds. The van der Waals surface area contributed by atoms with Crippen molar-refractivity contribution in [1.29, 1.82) is 5.26 Å². The van der Waals surface area contributed by atoms with Crippen LogP contribution in [0.4, 0.5) is 5.69 Å². The molecule has 1 aliphatic rings. The van der Waals surface area contributed by atoms with Crippen molar-refractivity contribution in [3.63, 3.8) is 0 Å². The summed E-state index contributed by atoms with van der Waals surface area (Å²) in [5.74, 6) is -0.353.